The van der Waals surface area contributed by atoms with Crippen LogP contribution in [0.25, 0.3) is 5.95 Å². The molecule has 0 spiro atoms. The van der Waals surface area contributed by atoms with E-state index in [2.05, 4.69) is 32.5 Å². The van der Waals surface area contributed by atoms with Crippen molar-refractivity contribution in [3.63, 3.8) is 0 Å². The van der Waals surface area contributed by atoms with Gasteiger partial charge >= 0.3 is 0 Å². The fourth-order valence-corrected chi connectivity index (χ4v) is 4.68. The molecule has 174 valence electrons. The second-order valence-electron chi connectivity index (χ2n) is 8.86. The Morgan fingerprint density at radius 2 is 1.73 bits per heavy atom. The van der Waals surface area contributed by atoms with Crippen molar-refractivity contribution in [2.45, 2.75) is 52.4 Å². The van der Waals surface area contributed by atoms with Crippen molar-refractivity contribution >= 4 is 17.5 Å². The van der Waals surface area contributed by atoms with Crippen LogP contribution in [0.3, 0.4) is 0 Å². The van der Waals surface area contributed by atoms with Crippen molar-refractivity contribution in [2.24, 2.45) is 0 Å². The predicted octanol–water partition coefficient (Wildman–Crippen LogP) is 3.96. The number of nitrogens with zero attached hydrogens (tertiary/aromatic N) is 4. The van der Waals surface area contributed by atoms with Crippen LogP contribution in [0.2, 0.25) is 5.02 Å². The monoisotopic (exact) mass is 467 g/mol. The Morgan fingerprint density at radius 3 is 2.36 bits per heavy atom. The fraction of sp³-hybridized carbons (Fsp3) is 0.440. The number of hydrogen-bond acceptors (Lipinski definition) is 5. The summed E-state index contributed by atoms with van der Waals surface area (Å²) < 4.78 is 7.33. The topological polar surface area (TPSA) is 81.9 Å². The Bertz CT molecular complexity index is 1130. The number of aromatic nitrogens is 4. The zero-order valence-electron chi connectivity index (χ0n) is 19.6. The van der Waals surface area contributed by atoms with E-state index in [0.717, 1.165) is 41.2 Å². The number of carbonyl (C=O) groups is 1. The quantitative estimate of drug-likeness (QED) is 0.593. The number of benzene rings is 1. The molecule has 3 heterocycles. The average Bonchev–Trinajstić information content (AvgIpc) is 3.06. The summed E-state index contributed by atoms with van der Waals surface area (Å²) in [6.45, 7) is 9.66. The number of ether oxygens (including phenoxy) is 1. The fourth-order valence-electron chi connectivity index (χ4n) is 4.55. The maximum absolute atomic E-state index is 13.0. The van der Waals surface area contributed by atoms with Gasteiger partial charge in [-0.25, -0.2) is 14.6 Å². The molecule has 0 atom stereocenters. The first-order chi connectivity index (χ1) is 15.8. The molecule has 0 saturated carbocycles. The summed E-state index contributed by atoms with van der Waals surface area (Å²) in [5, 5.41) is 8.51. The first-order valence-corrected chi connectivity index (χ1v) is 11.6. The van der Waals surface area contributed by atoms with E-state index < -0.39 is 0 Å². The number of amides is 1. The van der Waals surface area contributed by atoms with Gasteiger partial charge in [0, 0.05) is 52.8 Å². The highest BCUT2D eigenvalue weighted by atomic mass is 35.5. The van der Waals surface area contributed by atoms with Crippen LogP contribution >= 0.6 is 11.6 Å². The van der Waals surface area contributed by atoms with E-state index in [1.165, 1.54) is 5.56 Å². The van der Waals surface area contributed by atoms with Crippen LogP contribution in [0.1, 0.15) is 46.7 Å². The third-order valence-electron chi connectivity index (χ3n) is 6.47. The van der Waals surface area contributed by atoms with E-state index in [-0.39, 0.29) is 17.7 Å². The number of nitrogens with one attached hydrogen (secondary N) is 1. The molecule has 0 bridgehead atoms. The highest BCUT2D eigenvalue weighted by Gasteiger charge is 2.35. The summed E-state index contributed by atoms with van der Waals surface area (Å²) in [4.78, 5) is 22.0. The average molecular weight is 468 g/mol. The predicted molar refractivity (Wildman–Crippen MR) is 128 cm³/mol. The van der Waals surface area contributed by atoms with Gasteiger partial charge in [-0.1, -0.05) is 23.7 Å². The summed E-state index contributed by atoms with van der Waals surface area (Å²) in [5.74, 6) is 0.505. The highest BCUT2D eigenvalue weighted by molar-refractivity contribution is 6.30. The van der Waals surface area contributed by atoms with Crippen LogP contribution in [0, 0.1) is 27.7 Å². The number of halogens is 1. The molecule has 2 aromatic heterocycles. The van der Waals surface area contributed by atoms with Crippen LogP contribution in [0.15, 0.2) is 30.3 Å². The van der Waals surface area contributed by atoms with Crippen molar-refractivity contribution in [1.82, 2.24) is 25.1 Å². The van der Waals surface area contributed by atoms with Crippen LogP contribution in [0.4, 0.5) is 0 Å². The minimum absolute atomic E-state index is 0.0260. The molecule has 3 aromatic rings. The molecule has 1 amide bonds. The minimum Gasteiger partial charge on any atom is -0.381 e. The summed E-state index contributed by atoms with van der Waals surface area (Å²) in [7, 11) is 0. The van der Waals surface area contributed by atoms with Gasteiger partial charge in [0.05, 0.1) is 12.1 Å². The van der Waals surface area contributed by atoms with Crippen molar-refractivity contribution in [1.29, 1.82) is 0 Å². The van der Waals surface area contributed by atoms with Gasteiger partial charge in [-0.2, -0.15) is 5.10 Å². The van der Waals surface area contributed by atoms with Gasteiger partial charge in [0.15, 0.2) is 0 Å². The van der Waals surface area contributed by atoms with Gasteiger partial charge in [0.25, 0.3) is 5.95 Å². The van der Waals surface area contributed by atoms with Crippen molar-refractivity contribution in [2.75, 3.05) is 19.8 Å². The Labute approximate surface area is 199 Å². The maximum Gasteiger partial charge on any atom is 0.251 e. The van der Waals surface area contributed by atoms with Gasteiger partial charge in [-0.3, -0.25) is 4.79 Å². The molecule has 1 aromatic carbocycles. The number of rotatable bonds is 6. The summed E-state index contributed by atoms with van der Waals surface area (Å²) >= 11 is 6.10. The summed E-state index contributed by atoms with van der Waals surface area (Å²) in [6, 6.07) is 9.86. The largest absolute Gasteiger partial charge is 0.381 e. The van der Waals surface area contributed by atoms with Crippen LogP contribution < -0.4 is 5.32 Å². The summed E-state index contributed by atoms with van der Waals surface area (Å²) in [6.07, 6.45) is 1.97. The molecule has 1 saturated heterocycles. The van der Waals surface area contributed by atoms with Crippen LogP contribution in [0.5, 0.6) is 0 Å². The Balaban J connectivity index is 1.50. The van der Waals surface area contributed by atoms with Gasteiger partial charge in [-0.15, -0.1) is 0 Å². The van der Waals surface area contributed by atoms with E-state index in [1.807, 2.05) is 45.9 Å². The molecule has 1 fully saturated rings. The molecule has 1 aliphatic rings. The van der Waals surface area contributed by atoms with Crippen molar-refractivity contribution in [3.8, 4) is 5.95 Å². The number of carbonyl (C=O) groups excluding carboxylic acids is 1. The van der Waals surface area contributed by atoms with E-state index in [9.17, 15) is 4.79 Å². The summed E-state index contributed by atoms with van der Waals surface area (Å²) in [5.41, 5.74) is 5.39. The molecule has 0 aliphatic carbocycles. The SMILES string of the molecule is Cc1cc(C)nc(-n2nc(C)c(CC(=O)NCC3(c4ccc(Cl)cc4)CCOCC3)c2C)n1. The molecule has 0 radical (unpaired) electrons. The molecule has 1 N–H and O–H groups in total. The van der Waals surface area contributed by atoms with Crippen molar-refractivity contribution in [3.05, 3.63) is 69.3 Å². The Kier molecular flexibility index (Phi) is 6.81. The second kappa shape index (κ2) is 9.61. The van der Waals surface area contributed by atoms with Gasteiger partial charge in [-0.05, 0) is 64.3 Å². The van der Waals surface area contributed by atoms with E-state index in [0.29, 0.717) is 30.7 Å². The highest BCUT2D eigenvalue weighted by Crippen LogP contribution is 2.35. The molecular formula is C25H30ClN5O2. The molecule has 4 rings (SSSR count). The number of aryl methyl sites for hydroxylation is 3. The third kappa shape index (κ3) is 5.09. The second-order valence-corrected chi connectivity index (χ2v) is 9.30. The zero-order valence-corrected chi connectivity index (χ0v) is 20.4. The minimum atomic E-state index is -0.153. The number of hydrogen-bond donors (Lipinski definition) is 1. The lowest BCUT2D eigenvalue weighted by Gasteiger charge is -2.38. The first-order valence-electron chi connectivity index (χ1n) is 11.3. The Hall–Kier alpha value is -2.77. The zero-order chi connectivity index (χ0) is 23.6. The Morgan fingerprint density at radius 1 is 1.09 bits per heavy atom. The van der Waals surface area contributed by atoms with E-state index in [4.69, 9.17) is 16.3 Å². The lowest BCUT2D eigenvalue weighted by Crippen LogP contribution is -2.45. The smallest absolute Gasteiger partial charge is 0.251 e. The third-order valence-corrected chi connectivity index (χ3v) is 6.72. The van der Waals surface area contributed by atoms with Gasteiger partial charge in [0.2, 0.25) is 5.91 Å². The molecule has 33 heavy (non-hydrogen) atoms. The molecule has 7 nitrogen and oxygen atoms in total. The molecular weight excluding hydrogens is 438 g/mol. The molecule has 8 heteroatoms. The van der Waals surface area contributed by atoms with Gasteiger partial charge < -0.3 is 10.1 Å². The van der Waals surface area contributed by atoms with E-state index >= 15 is 0 Å². The maximum atomic E-state index is 13.0. The van der Waals surface area contributed by atoms with Gasteiger partial charge in [0.1, 0.15) is 0 Å². The van der Waals surface area contributed by atoms with Crippen LogP contribution in [-0.4, -0.2) is 45.4 Å². The van der Waals surface area contributed by atoms with Crippen LogP contribution in [-0.2, 0) is 21.4 Å². The standard InChI is InChI=1S/C25H30ClN5O2/c1-16-13-17(2)29-24(28-16)31-19(4)22(18(3)30-31)14-23(32)27-15-25(9-11-33-12-10-25)20-5-7-21(26)8-6-20/h5-8,13H,9-12,14-15H2,1-4H3,(H,27,32). The molecule has 1 aliphatic heterocycles. The van der Waals surface area contributed by atoms with Crippen molar-refractivity contribution < 1.29 is 9.53 Å². The lowest BCUT2D eigenvalue weighted by molar-refractivity contribution is -0.121. The van der Waals surface area contributed by atoms with E-state index in [1.54, 1.807) is 4.68 Å². The molecule has 0 unspecified atom stereocenters. The first kappa shape index (κ1) is 23.4. The normalized spacial score (nSPS) is 15.4. The lowest BCUT2D eigenvalue weighted by atomic mass is 9.74.